The van der Waals surface area contributed by atoms with E-state index in [-0.39, 0.29) is 36.8 Å². The van der Waals surface area contributed by atoms with Crippen LogP contribution in [0.5, 0.6) is 0 Å². The van der Waals surface area contributed by atoms with Gasteiger partial charge in [0.1, 0.15) is 17.2 Å². The molecular formula is C34H50N6O5. The fourth-order valence-corrected chi connectivity index (χ4v) is 7.37. The highest BCUT2D eigenvalue weighted by atomic mass is 16.3. The van der Waals surface area contributed by atoms with Crippen LogP contribution in [0.15, 0.2) is 36.5 Å². The first-order chi connectivity index (χ1) is 21.6. The topological polar surface area (TPSA) is 140 Å². The summed E-state index contributed by atoms with van der Waals surface area (Å²) in [5, 5.41) is 30.7. The lowest BCUT2D eigenvalue weighted by atomic mass is 9.77. The van der Waals surface area contributed by atoms with Crippen LogP contribution in [-0.2, 0) is 15.3 Å². The van der Waals surface area contributed by atoms with E-state index in [1.54, 1.807) is 12.1 Å². The van der Waals surface area contributed by atoms with Crippen LogP contribution in [0.4, 0.5) is 0 Å². The van der Waals surface area contributed by atoms with Crippen LogP contribution in [0.2, 0.25) is 0 Å². The number of likely N-dealkylation sites (tertiary alicyclic amines) is 1. The predicted molar refractivity (Wildman–Crippen MR) is 171 cm³/mol. The molecule has 4 N–H and O–H groups in total. The fourth-order valence-electron chi connectivity index (χ4n) is 7.37. The van der Waals surface area contributed by atoms with Crippen LogP contribution in [-0.4, -0.2) is 98.0 Å². The quantitative estimate of drug-likeness (QED) is 0.302. The summed E-state index contributed by atoms with van der Waals surface area (Å²) >= 11 is 0. The van der Waals surface area contributed by atoms with Crippen molar-refractivity contribution in [2.45, 2.75) is 102 Å². The second-order valence-electron chi connectivity index (χ2n) is 13.4. The number of piperidine rings is 1. The Morgan fingerprint density at radius 2 is 1.80 bits per heavy atom. The standard InChI is InChI=1S/C34H50N6O5/c1-4-5-19-39-31(44)28(29(42)25-9-7-6-8-10-25)36-32(45)34(39)16-21-38(22-17-34)33(2,3)40-20-15-27(37-40)24-11-13-26(14-12-24)30(43)35-18-23-41/h11-15,20,25,28-29,41-42H,4-10,16-19,21-23H2,1-3H3,(H,35,43)(H,36,45)/t28-,29-/m1/s1. The van der Waals surface area contributed by atoms with Gasteiger partial charge >= 0.3 is 0 Å². The van der Waals surface area contributed by atoms with Gasteiger partial charge in [0.25, 0.3) is 5.91 Å². The first-order valence-corrected chi connectivity index (χ1v) is 16.7. The monoisotopic (exact) mass is 622 g/mol. The van der Waals surface area contributed by atoms with E-state index < -0.39 is 23.3 Å². The predicted octanol–water partition coefficient (Wildman–Crippen LogP) is 2.87. The lowest BCUT2D eigenvalue weighted by Gasteiger charge is -2.54. The molecule has 5 rings (SSSR count). The highest BCUT2D eigenvalue weighted by Gasteiger charge is 2.56. The highest BCUT2D eigenvalue weighted by Crippen LogP contribution is 2.38. The molecule has 3 amide bonds. The van der Waals surface area contributed by atoms with Crippen molar-refractivity contribution in [3.05, 3.63) is 42.1 Å². The number of carbonyl (C=O) groups excluding carboxylic acids is 3. The summed E-state index contributed by atoms with van der Waals surface area (Å²) in [5.74, 6) is -0.457. The third kappa shape index (κ3) is 6.66. The third-order valence-corrected chi connectivity index (χ3v) is 10.3. The smallest absolute Gasteiger partial charge is 0.251 e. The molecule has 1 aliphatic carbocycles. The molecule has 1 aromatic heterocycles. The number of nitrogens with zero attached hydrogens (tertiary/aromatic N) is 4. The number of nitrogens with one attached hydrogen (secondary N) is 2. The molecule has 45 heavy (non-hydrogen) atoms. The molecule has 11 heteroatoms. The number of carbonyl (C=O) groups is 3. The molecule has 3 aliphatic rings. The van der Waals surface area contributed by atoms with Crippen molar-refractivity contribution in [3.8, 4) is 11.3 Å². The van der Waals surface area contributed by atoms with Crippen molar-refractivity contribution in [2.24, 2.45) is 5.92 Å². The molecule has 246 valence electrons. The number of aromatic nitrogens is 2. The molecule has 2 saturated heterocycles. The van der Waals surface area contributed by atoms with Gasteiger partial charge < -0.3 is 25.7 Å². The Hall–Kier alpha value is -3.28. The van der Waals surface area contributed by atoms with Gasteiger partial charge in [0, 0.05) is 43.5 Å². The van der Waals surface area contributed by atoms with Crippen LogP contribution in [0.3, 0.4) is 0 Å². The van der Waals surface area contributed by atoms with E-state index in [1.807, 2.05) is 34.0 Å². The minimum absolute atomic E-state index is 0.0472. The molecular weight excluding hydrogens is 572 g/mol. The zero-order valence-electron chi connectivity index (χ0n) is 27.0. The van der Waals surface area contributed by atoms with Crippen molar-refractivity contribution in [2.75, 3.05) is 32.8 Å². The van der Waals surface area contributed by atoms with E-state index in [1.165, 1.54) is 0 Å². The van der Waals surface area contributed by atoms with Gasteiger partial charge in [0.15, 0.2) is 0 Å². The van der Waals surface area contributed by atoms with Gasteiger partial charge in [-0.1, -0.05) is 44.7 Å². The number of hydrogen-bond acceptors (Lipinski definition) is 7. The number of aliphatic hydroxyl groups excluding tert-OH is 2. The van der Waals surface area contributed by atoms with Crippen LogP contribution in [0.1, 0.15) is 88.9 Å². The Morgan fingerprint density at radius 1 is 1.11 bits per heavy atom. The average molecular weight is 623 g/mol. The molecule has 2 atom stereocenters. The molecule has 2 aliphatic heterocycles. The number of hydrogen-bond donors (Lipinski definition) is 4. The lowest BCUT2D eigenvalue weighted by molar-refractivity contribution is -0.167. The highest BCUT2D eigenvalue weighted by molar-refractivity contribution is 6.00. The Balaban J connectivity index is 1.28. The Kier molecular flexibility index (Phi) is 10.3. The molecule has 0 unspecified atom stereocenters. The van der Waals surface area contributed by atoms with Crippen molar-refractivity contribution >= 4 is 17.7 Å². The molecule has 11 nitrogen and oxygen atoms in total. The summed E-state index contributed by atoms with van der Waals surface area (Å²) in [7, 11) is 0. The van der Waals surface area contributed by atoms with Crippen LogP contribution in [0.25, 0.3) is 11.3 Å². The lowest BCUT2D eigenvalue weighted by Crippen LogP contribution is -2.75. The molecule has 1 spiro atoms. The van der Waals surface area contributed by atoms with E-state index >= 15 is 0 Å². The van der Waals surface area contributed by atoms with Gasteiger partial charge in [-0.05, 0) is 70.1 Å². The molecule has 2 aromatic rings. The number of unbranched alkanes of at least 4 members (excludes halogenated alkanes) is 1. The molecule has 1 aromatic carbocycles. The van der Waals surface area contributed by atoms with Crippen molar-refractivity contribution < 1.29 is 24.6 Å². The number of piperazine rings is 1. The fraction of sp³-hybridized carbons (Fsp3) is 0.647. The number of rotatable bonds is 11. The van der Waals surface area contributed by atoms with Gasteiger partial charge in [-0.15, -0.1) is 0 Å². The largest absolute Gasteiger partial charge is 0.395 e. The Labute approximate surface area is 266 Å². The van der Waals surface area contributed by atoms with E-state index in [2.05, 4.69) is 36.3 Å². The van der Waals surface area contributed by atoms with Crippen LogP contribution >= 0.6 is 0 Å². The van der Waals surface area contributed by atoms with Crippen molar-refractivity contribution in [3.63, 3.8) is 0 Å². The summed E-state index contributed by atoms with van der Waals surface area (Å²) in [6.45, 7) is 8.13. The first kappa shape index (κ1) is 33.1. The van der Waals surface area contributed by atoms with Gasteiger partial charge in [-0.25, -0.2) is 0 Å². The second kappa shape index (κ2) is 14.0. The van der Waals surface area contributed by atoms with Gasteiger partial charge in [-0.3, -0.25) is 24.0 Å². The van der Waals surface area contributed by atoms with Crippen LogP contribution < -0.4 is 10.6 Å². The van der Waals surface area contributed by atoms with E-state index in [4.69, 9.17) is 10.2 Å². The minimum Gasteiger partial charge on any atom is -0.395 e. The van der Waals surface area contributed by atoms with Gasteiger partial charge in [-0.2, -0.15) is 5.10 Å². The molecule has 3 heterocycles. The zero-order valence-corrected chi connectivity index (χ0v) is 27.0. The second-order valence-corrected chi connectivity index (χ2v) is 13.4. The van der Waals surface area contributed by atoms with Crippen LogP contribution in [0, 0.1) is 5.92 Å². The summed E-state index contributed by atoms with van der Waals surface area (Å²) < 4.78 is 1.93. The van der Waals surface area contributed by atoms with E-state index in [0.717, 1.165) is 56.2 Å². The van der Waals surface area contributed by atoms with E-state index in [0.29, 0.717) is 38.0 Å². The normalized spacial score (nSPS) is 22.0. The minimum atomic E-state index is -0.915. The van der Waals surface area contributed by atoms with Gasteiger partial charge in [0.05, 0.1) is 18.4 Å². The van der Waals surface area contributed by atoms with Gasteiger partial charge in [0.2, 0.25) is 11.8 Å². The maximum Gasteiger partial charge on any atom is 0.251 e. The molecule has 0 radical (unpaired) electrons. The zero-order chi connectivity index (χ0) is 32.2. The summed E-state index contributed by atoms with van der Waals surface area (Å²) in [6, 6.07) is 8.29. The first-order valence-electron chi connectivity index (χ1n) is 16.7. The maximum absolute atomic E-state index is 14.0. The Bertz CT molecular complexity index is 1330. The molecule has 0 bridgehead atoms. The SMILES string of the molecule is CCCCN1C(=O)[C@@H]([C@H](O)C2CCCCC2)NC(=O)C12CCN(C(C)(C)n1ccc(-c3ccc(C(=O)NCCO)cc3)n1)CC2. The maximum atomic E-state index is 14.0. The van der Waals surface area contributed by atoms with E-state index in [9.17, 15) is 19.5 Å². The van der Waals surface area contributed by atoms with Crippen molar-refractivity contribution in [1.82, 2.24) is 30.2 Å². The summed E-state index contributed by atoms with van der Waals surface area (Å²) in [4.78, 5) is 44.2. The van der Waals surface area contributed by atoms with Crippen molar-refractivity contribution in [1.29, 1.82) is 0 Å². The summed E-state index contributed by atoms with van der Waals surface area (Å²) in [6.07, 6.45) is 8.91. The average Bonchev–Trinajstić information content (AvgIpc) is 3.57. The molecule has 1 saturated carbocycles. The number of aliphatic hydroxyl groups is 2. The number of amides is 3. The molecule has 3 fully saturated rings. The Morgan fingerprint density at radius 3 is 2.44 bits per heavy atom. The third-order valence-electron chi connectivity index (χ3n) is 10.3. The summed E-state index contributed by atoms with van der Waals surface area (Å²) in [5.41, 5.74) is 0.774. The number of benzene rings is 1.